The molecule has 1 amide bonds. The van der Waals surface area contributed by atoms with Crippen LogP contribution in [-0.2, 0) is 6.42 Å². The Kier molecular flexibility index (Phi) is 3.15. The fraction of sp³-hybridized carbons (Fsp3) is 0.222. The van der Waals surface area contributed by atoms with Crippen molar-refractivity contribution < 1.29 is 13.6 Å². The molecule has 26 heavy (non-hydrogen) atoms. The lowest BCUT2D eigenvalue weighted by Crippen LogP contribution is -2.16. The molecule has 0 bridgehead atoms. The van der Waals surface area contributed by atoms with E-state index < -0.39 is 17.5 Å². The van der Waals surface area contributed by atoms with E-state index in [4.69, 9.17) is 0 Å². The number of hydrogen-bond acceptors (Lipinski definition) is 4. The Morgan fingerprint density at radius 2 is 2.15 bits per heavy atom. The lowest BCUT2D eigenvalue weighted by molar-refractivity contribution is 0.102. The number of benzene rings is 1. The van der Waals surface area contributed by atoms with Crippen LogP contribution in [0.25, 0.3) is 5.69 Å². The van der Waals surface area contributed by atoms with E-state index in [1.807, 2.05) is 0 Å². The van der Waals surface area contributed by atoms with Gasteiger partial charge in [0, 0.05) is 29.9 Å². The lowest BCUT2D eigenvalue weighted by atomic mass is 10.1. The zero-order valence-electron chi connectivity index (χ0n) is 13.5. The number of anilines is 1. The number of rotatable bonds is 3. The van der Waals surface area contributed by atoms with Gasteiger partial charge < -0.3 is 5.32 Å². The number of nitrogens with one attached hydrogen (secondary N) is 1. The van der Waals surface area contributed by atoms with Gasteiger partial charge in [0.05, 0.1) is 11.9 Å². The molecule has 0 radical (unpaired) electrons. The molecule has 0 unspecified atom stereocenters. The number of halogens is 2. The van der Waals surface area contributed by atoms with Crippen molar-refractivity contribution in [1.29, 1.82) is 0 Å². The van der Waals surface area contributed by atoms with Crippen LogP contribution in [-0.4, -0.2) is 25.7 Å². The predicted molar refractivity (Wildman–Crippen MR) is 88.0 cm³/mol. The maximum absolute atomic E-state index is 14.3. The van der Waals surface area contributed by atoms with Crippen LogP contribution in [0, 0.1) is 17.6 Å². The summed E-state index contributed by atoms with van der Waals surface area (Å²) < 4.78 is 29.0. The van der Waals surface area contributed by atoms with Crippen molar-refractivity contribution in [3.05, 3.63) is 65.4 Å². The minimum Gasteiger partial charge on any atom is -0.304 e. The van der Waals surface area contributed by atoms with Gasteiger partial charge in [0.15, 0.2) is 17.3 Å². The Morgan fingerprint density at radius 3 is 2.92 bits per heavy atom. The van der Waals surface area contributed by atoms with Crippen LogP contribution in [0.5, 0.6) is 0 Å². The molecule has 0 spiro atoms. The number of carbonyl (C=O) groups is 1. The molecule has 3 aromatic rings. The molecule has 2 aromatic heterocycles. The topological polar surface area (TPSA) is 72.7 Å². The highest BCUT2D eigenvalue weighted by molar-refractivity contribution is 6.03. The Labute approximate surface area is 146 Å². The number of amides is 1. The van der Waals surface area contributed by atoms with E-state index >= 15 is 0 Å². The average molecular weight is 353 g/mol. The Morgan fingerprint density at radius 1 is 1.27 bits per heavy atom. The third-order valence-corrected chi connectivity index (χ3v) is 4.92. The molecule has 1 aromatic carbocycles. The molecule has 2 heterocycles. The molecule has 0 aliphatic heterocycles. The van der Waals surface area contributed by atoms with Crippen LogP contribution in [0.3, 0.4) is 0 Å². The van der Waals surface area contributed by atoms with E-state index in [0.717, 1.165) is 30.2 Å². The smallest absolute Gasteiger partial charge is 0.277 e. The molecule has 2 atom stereocenters. The van der Waals surface area contributed by atoms with Gasteiger partial charge in [-0.15, -0.1) is 0 Å². The average Bonchev–Trinajstić information content (AvgIpc) is 3.12. The van der Waals surface area contributed by atoms with Gasteiger partial charge in [-0.1, -0.05) is 0 Å². The van der Waals surface area contributed by atoms with E-state index in [-0.39, 0.29) is 17.3 Å². The third kappa shape index (κ3) is 2.29. The molecule has 6 nitrogen and oxygen atoms in total. The van der Waals surface area contributed by atoms with E-state index in [1.54, 1.807) is 0 Å². The third-order valence-electron chi connectivity index (χ3n) is 4.92. The second-order valence-corrected chi connectivity index (χ2v) is 6.57. The Balaban J connectivity index is 1.58. The molecule has 5 rings (SSSR count). The van der Waals surface area contributed by atoms with Crippen LogP contribution in [0.2, 0.25) is 0 Å². The first-order chi connectivity index (χ1) is 12.6. The highest BCUT2D eigenvalue weighted by Crippen LogP contribution is 2.57. The van der Waals surface area contributed by atoms with Crippen molar-refractivity contribution in [1.82, 2.24) is 19.7 Å². The molecule has 1 N–H and O–H groups in total. The Bertz CT molecular complexity index is 1030. The molecule has 130 valence electrons. The normalized spacial score (nSPS) is 19.8. The Hall–Kier alpha value is -3.16. The summed E-state index contributed by atoms with van der Waals surface area (Å²) >= 11 is 0. The maximum atomic E-state index is 14.3. The zero-order valence-corrected chi connectivity index (χ0v) is 13.5. The summed E-state index contributed by atoms with van der Waals surface area (Å²) in [5.41, 5.74) is 2.08. The van der Waals surface area contributed by atoms with Crippen LogP contribution in [0.4, 0.5) is 14.6 Å². The zero-order chi connectivity index (χ0) is 17.8. The second-order valence-electron chi connectivity index (χ2n) is 6.57. The van der Waals surface area contributed by atoms with Gasteiger partial charge in [-0.2, -0.15) is 5.10 Å². The molecule has 8 heteroatoms. The first kappa shape index (κ1) is 15.1. The molecule has 1 fully saturated rings. The fourth-order valence-corrected chi connectivity index (χ4v) is 3.67. The second kappa shape index (κ2) is 5.42. The van der Waals surface area contributed by atoms with Gasteiger partial charge in [0.1, 0.15) is 11.5 Å². The summed E-state index contributed by atoms with van der Waals surface area (Å²) in [5, 5.41) is 7.02. The van der Waals surface area contributed by atoms with Crippen molar-refractivity contribution in [2.75, 3.05) is 5.32 Å². The summed E-state index contributed by atoms with van der Waals surface area (Å²) in [7, 11) is 0. The first-order valence-corrected chi connectivity index (χ1v) is 8.26. The van der Waals surface area contributed by atoms with Crippen molar-refractivity contribution in [2.24, 2.45) is 5.92 Å². The molecular formula is C18H13F2N5O. The largest absolute Gasteiger partial charge is 0.304 e. The fourth-order valence-electron chi connectivity index (χ4n) is 3.67. The summed E-state index contributed by atoms with van der Waals surface area (Å²) in [6.07, 6.45) is 6.17. The highest BCUT2D eigenvalue weighted by atomic mass is 19.1. The standard InChI is InChI=1S/C18H13F2N5O/c19-10-1-2-14(13(20)7-10)25-17-11-5-9(11)6-12(17)16(24-25)18(26)23-15-8-21-3-4-22-15/h1-4,7-9,11H,5-6H2,(H,22,23,26)/t9-,11-/m1/s1. The van der Waals surface area contributed by atoms with Gasteiger partial charge in [0.25, 0.3) is 5.91 Å². The van der Waals surface area contributed by atoms with Gasteiger partial charge in [-0.25, -0.2) is 18.4 Å². The molecule has 1 saturated carbocycles. The minimum absolute atomic E-state index is 0.147. The van der Waals surface area contributed by atoms with Gasteiger partial charge >= 0.3 is 0 Å². The van der Waals surface area contributed by atoms with Crippen LogP contribution < -0.4 is 5.32 Å². The number of fused-ring (bicyclic) bond motifs is 3. The van der Waals surface area contributed by atoms with E-state index in [1.165, 1.54) is 35.4 Å². The van der Waals surface area contributed by atoms with Crippen molar-refractivity contribution in [3.8, 4) is 5.69 Å². The molecular weight excluding hydrogens is 340 g/mol. The predicted octanol–water partition coefficient (Wildman–Crippen LogP) is 2.85. The first-order valence-electron chi connectivity index (χ1n) is 8.26. The highest BCUT2D eigenvalue weighted by Gasteiger charge is 2.50. The quantitative estimate of drug-likeness (QED) is 0.786. The van der Waals surface area contributed by atoms with Gasteiger partial charge in [-0.05, 0) is 30.9 Å². The van der Waals surface area contributed by atoms with E-state index in [9.17, 15) is 13.6 Å². The monoisotopic (exact) mass is 353 g/mol. The number of nitrogens with zero attached hydrogens (tertiary/aromatic N) is 4. The SMILES string of the molecule is O=C(Nc1cnccn1)c1nn(-c2ccc(F)cc2F)c2c1C[C@H]1C[C@@H]21. The van der Waals surface area contributed by atoms with Crippen molar-refractivity contribution in [2.45, 2.75) is 18.8 Å². The summed E-state index contributed by atoms with van der Waals surface area (Å²) in [5.74, 6) is -0.706. The number of hydrogen-bond donors (Lipinski definition) is 1. The van der Waals surface area contributed by atoms with Crippen LogP contribution >= 0.6 is 0 Å². The maximum Gasteiger partial charge on any atom is 0.277 e. The minimum atomic E-state index is -0.708. The van der Waals surface area contributed by atoms with Crippen LogP contribution in [0.1, 0.15) is 34.1 Å². The van der Waals surface area contributed by atoms with E-state index in [0.29, 0.717) is 11.7 Å². The molecule has 2 aliphatic carbocycles. The lowest BCUT2D eigenvalue weighted by Gasteiger charge is -2.07. The van der Waals surface area contributed by atoms with Crippen molar-refractivity contribution >= 4 is 11.7 Å². The molecule has 0 saturated heterocycles. The summed E-state index contributed by atoms with van der Waals surface area (Å²) in [6.45, 7) is 0. The van der Waals surface area contributed by atoms with Gasteiger partial charge in [0.2, 0.25) is 0 Å². The molecule has 2 aliphatic rings. The summed E-state index contributed by atoms with van der Waals surface area (Å²) in [4.78, 5) is 20.6. The van der Waals surface area contributed by atoms with Crippen LogP contribution in [0.15, 0.2) is 36.8 Å². The number of carbonyl (C=O) groups excluding carboxylic acids is 1. The summed E-state index contributed by atoms with van der Waals surface area (Å²) in [6, 6.07) is 3.35. The van der Waals surface area contributed by atoms with Gasteiger partial charge in [-0.3, -0.25) is 9.78 Å². The van der Waals surface area contributed by atoms with E-state index in [2.05, 4.69) is 20.4 Å². The number of aromatic nitrogens is 4. The van der Waals surface area contributed by atoms with Crippen molar-refractivity contribution in [3.63, 3.8) is 0 Å².